The fourth-order valence-electron chi connectivity index (χ4n) is 3.55. The van der Waals surface area contributed by atoms with Crippen LogP contribution >= 0.6 is 11.8 Å². The Morgan fingerprint density at radius 2 is 1.58 bits per heavy atom. The summed E-state index contributed by atoms with van der Waals surface area (Å²) in [6.07, 6.45) is 4.11. The minimum Gasteiger partial charge on any atom is -0.507 e. The van der Waals surface area contributed by atoms with Gasteiger partial charge in [0.2, 0.25) is 0 Å². The maximum absolute atomic E-state index is 11.8. The molecule has 5 nitrogen and oxygen atoms in total. The Hall–Kier alpha value is -2.47. The molecule has 2 aromatic carbocycles. The van der Waals surface area contributed by atoms with E-state index in [0.29, 0.717) is 41.2 Å². The van der Waals surface area contributed by atoms with Crippen LogP contribution in [0.2, 0.25) is 0 Å². The van der Waals surface area contributed by atoms with Crippen molar-refractivity contribution in [2.75, 3.05) is 18.1 Å². The third kappa shape index (κ3) is 6.26. The average molecular weight is 444 g/mol. The van der Waals surface area contributed by atoms with E-state index in [1.54, 1.807) is 30.8 Å². The van der Waals surface area contributed by atoms with E-state index in [9.17, 15) is 14.7 Å². The first-order chi connectivity index (χ1) is 14.8. The number of hydrogen-bond acceptors (Lipinski definition) is 6. The standard InChI is InChI=1S/C25H33NO4S/c1-5-8-20-22(12-10-19(17(4)28)25(20)29)30-14-7-15-31-23-13-11-18(16(3)27)24(26)21(23)9-6-2/h10-13,29H,5-9,14-15,26H2,1-4H3. The van der Waals surface area contributed by atoms with E-state index in [-0.39, 0.29) is 17.3 Å². The van der Waals surface area contributed by atoms with E-state index in [1.165, 1.54) is 6.92 Å². The zero-order chi connectivity index (χ0) is 23.0. The SMILES string of the molecule is CCCc1c(SCCCOc2ccc(C(C)=O)c(O)c2CCC)ccc(C(C)=O)c1N. The number of anilines is 1. The molecular formula is C25H33NO4S. The Balaban J connectivity index is 2.01. The molecule has 0 bridgehead atoms. The Morgan fingerprint density at radius 1 is 0.968 bits per heavy atom. The first kappa shape index (κ1) is 24.8. The lowest BCUT2D eigenvalue weighted by Gasteiger charge is -2.16. The first-order valence-corrected chi connectivity index (χ1v) is 11.8. The molecule has 0 saturated carbocycles. The molecule has 3 N–H and O–H groups in total. The van der Waals surface area contributed by atoms with Gasteiger partial charge in [-0.25, -0.2) is 0 Å². The van der Waals surface area contributed by atoms with Gasteiger partial charge in [0.05, 0.1) is 12.2 Å². The molecule has 0 radical (unpaired) electrons. The quantitative estimate of drug-likeness (QED) is 0.185. The van der Waals surface area contributed by atoms with Crippen molar-refractivity contribution in [1.82, 2.24) is 0 Å². The van der Waals surface area contributed by atoms with Crippen LogP contribution < -0.4 is 10.5 Å². The van der Waals surface area contributed by atoms with Crippen LogP contribution in [0.3, 0.4) is 0 Å². The second kappa shape index (κ2) is 11.8. The molecule has 31 heavy (non-hydrogen) atoms. The average Bonchev–Trinajstić information content (AvgIpc) is 2.71. The largest absolute Gasteiger partial charge is 0.507 e. The molecule has 0 saturated heterocycles. The zero-order valence-electron chi connectivity index (χ0n) is 18.9. The number of hydrogen-bond donors (Lipinski definition) is 2. The number of ketones is 2. The van der Waals surface area contributed by atoms with Gasteiger partial charge in [0.25, 0.3) is 0 Å². The number of Topliss-reactive ketones (excluding diaryl/α,β-unsaturated/α-hetero) is 2. The number of nitrogen functional groups attached to an aromatic ring is 1. The molecular weight excluding hydrogens is 410 g/mol. The second-order valence-corrected chi connectivity index (χ2v) is 8.74. The lowest BCUT2D eigenvalue weighted by Crippen LogP contribution is -2.06. The van der Waals surface area contributed by atoms with Gasteiger partial charge in [-0.05, 0) is 62.9 Å². The summed E-state index contributed by atoms with van der Waals surface area (Å²) in [5.74, 6) is 1.34. The highest BCUT2D eigenvalue weighted by Crippen LogP contribution is 2.34. The lowest BCUT2D eigenvalue weighted by molar-refractivity contribution is 0.100. The number of phenolic OH excluding ortho intramolecular Hbond substituents is 1. The number of thioether (sulfide) groups is 1. The van der Waals surface area contributed by atoms with Crippen molar-refractivity contribution < 1.29 is 19.4 Å². The van der Waals surface area contributed by atoms with Gasteiger partial charge in [-0.3, -0.25) is 9.59 Å². The molecule has 0 aliphatic heterocycles. The molecule has 0 amide bonds. The summed E-state index contributed by atoms with van der Waals surface area (Å²) in [6.45, 7) is 7.62. The number of nitrogens with two attached hydrogens (primary N) is 1. The Labute approximate surface area is 189 Å². The molecule has 0 heterocycles. The summed E-state index contributed by atoms with van der Waals surface area (Å²) in [4.78, 5) is 24.6. The number of rotatable bonds is 12. The predicted octanol–water partition coefficient (Wildman–Crippen LogP) is 5.85. The van der Waals surface area contributed by atoms with Gasteiger partial charge in [0, 0.05) is 27.5 Å². The van der Waals surface area contributed by atoms with Crippen molar-refractivity contribution in [2.45, 2.75) is 64.7 Å². The van der Waals surface area contributed by atoms with Gasteiger partial charge in [-0.1, -0.05) is 26.7 Å². The van der Waals surface area contributed by atoms with Crippen LogP contribution in [0.1, 0.15) is 78.8 Å². The maximum Gasteiger partial charge on any atom is 0.163 e. The molecule has 0 fully saturated rings. The van der Waals surface area contributed by atoms with E-state index in [2.05, 4.69) is 6.92 Å². The Bertz CT molecular complexity index is 864. The van der Waals surface area contributed by atoms with Crippen molar-refractivity contribution in [3.8, 4) is 11.5 Å². The van der Waals surface area contributed by atoms with Crippen LogP contribution in [-0.4, -0.2) is 29.0 Å². The highest BCUT2D eigenvalue weighted by molar-refractivity contribution is 7.99. The summed E-state index contributed by atoms with van der Waals surface area (Å²) in [6, 6.07) is 7.19. The molecule has 0 spiro atoms. The predicted molar refractivity (Wildman–Crippen MR) is 128 cm³/mol. The lowest BCUT2D eigenvalue weighted by atomic mass is 10.0. The van der Waals surface area contributed by atoms with Gasteiger partial charge in [0.1, 0.15) is 11.5 Å². The number of phenols is 1. The summed E-state index contributed by atoms with van der Waals surface area (Å²) >= 11 is 1.72. The number of carbonyl (C=O) groups is 2. The molecule has 168 valence electrons. The van der Waals surface area contributed by atoms with Gasteiger partial charge in [-0.15, -0.1) is 11.8 Å². The minimum atomic E-state index is -0.157. The fraction of sp³-hybridized carbons (Fsp3) is 0.440. The topological polar surface area (TPSA) is 89.6 Å². The molecule has 2 aromatic rings. The number of benzene rings is 2. The molecule has 0 aromatic heterocycles. The van der Waals surface area contributed by atoms with Crippen molar-refractivity contribution >= 4 is 29.0 Å². The van der Waals surface area contributed by atoms with Gasteiger partial charge in [0.15, 0.2) is 11.6 Å². The molecule has 0 aliphatic rings. The molecule has 2 rings (SSSR count). The summed E-state index contributed by atoms with van der Waals surface area (Å²) in [7, 11) is 0. The smallest absolute Gasteiger partial charge is 0.163 e. The van der Waals surface area contributed by atoms with E-state index >= 15 is 0 Å². The van der Waals surface area contributed by atoms with E-state index in [1.807, 2.05) is 19.1 Å². The van der Waals surface area contributed by atoms with Crippen molar-refractivity contribution in [3.63, 3.8) is 0 Å². The monoisotopic (exact) mass is 443 g/mol. The Kier molecular flexibility index (Phi) is 9.44. The van der Waals surface area contributed by atoms with Crippen LogP contribution in [0.5, 0.6) is 11.5 Å². The van der Waals surface area contributed by atoms with Gasteiger partial charge < -0.3 is 15.6 Å². The molecule has 0 atom stereocenters. The summed E-state index contributed by atoms with van der Waals surface area (Å²) in [5.41, 5.74) is 9.53. The van der Waals surface area contributed by atoms with Crippen LogP contribution in [0.25, 0.3) is 0 Å². The third-order valence-corrected chi connectivity index (χ3v) is 6.30. The second-order valence-electron chi connectivity index (χ2n) is 7.60. The maximum atomic E-state index is 11.8. The van der Waals surface area contributed by atoms with E-state index < -0.39 is 0 Å². The zero-order valence-corrected chi connectivity index (χ0v) is 19.7. The van der Waals surface area contributed by atoms with Crippen molar-refractivity contribution in [2.24, 2.45) is 0 Å². The van der Waals surface area contributed by atoms with Gasteiger partial charge in [-0.2, -0.15) is 0 Å². The molecule has 0 aliphatic carbocycles. The highest BCUT2D eigenvalue weighted by Gasteiger charge is 2.16. The molecule has 6 heteroatoms. The minimum absolute atomic E-state index is 0.0123. The van der Waals surface area contributed by atoms with Crippen molar-refractivity contribution in [1.29, 1.82) is 0 Å². The fourth-order valence-corrected chi connectivity index (χ4v) is 4.58. The number of ether oxygens (including phenoxy) is 1. The first-order valence-electron chi connectivity index (χ1n) is 10.8. The van der Waals surface area contributed by atoms with Crippen LogP contribution in [0, 0.1) is 0 Å². The Morgan fingerprint density at radius 3 is 2.19 bits per heavy atom. The van der Waals surface area contributed by atoms with Crippen LogP contribution in [0.4, 0.5) is 5.69 Å². The van der Waals surface area contributed by atoms with E-state index in [4.69, 9.17) is 10.5 Å². The summed E-state index contributed by atoms with van der Waals surface area (Å²) < 4.78 is 5.94. The normalized spacial score (nSPS) is 10.8. The van der Waals surface area contributed by atoms with Gasteiger partial charge >= 0.3 is 0 Å². The number of carbonyl (C=O) groups excluding carboxylic acids is 2. The van der Waals surface area contributed by atoms with Crippen molar-refractivity contribution in [3.05, 3.63) is 46.5 Å². The van der Waals surface area contributed by atoms with E-state index in [0.717, 1.165) is 41.9 Å². The van der Waals surface area contributed by atoms with Crippen LogP contribution in [-0.2, 0) is 12.8 Å². The third-order valence-electron chi connectivity index (χ3n) is 5.12. The summed E-state index contributed by atoms with van der Waals surface area (Å²) in [5, 5.41) is 10.5. The van der Waals surface area contributed by atoms with Crippen LogP contribution in [0.15, 0.2) is 29.2 Å². The highest BCUT2D eigenvalue weighted by atomic mass is 32.2. The number of aromatic hydroxyl groups is 1. The molecule has 0 unspecified atom stereocenters.